The normalized spacial score (nSPS) is 10.8. The summed E-state index contributed by atoms with van der Waals surface area (Å²) in [5.74, 6) is -0.339. The zero-order valence-corrected chi connectivity index (χ0v) is 16.6. The van der Waals surface area contributed by atoms with Gasteiger partial charge >= 0.3 is 6.03 Å². The second-order valence-corrected chi connectivity index (χ2v) is 8.04. The Bertz CT molecular complexity index is 917. The number of carbonyl (C=O) groups excluding carboxylic acids is 2. The van der Waals surface area contributed by atoms with Crippen molar-refractivity contribution in [3.63, 3.8) is 0 Å². The van der Waals surface area contributed by atoms with Gasteiger partial charge in [-0.1, -0.05) is 42.5 Å². The van der Waals surface area contributed by atoms with E-state index in [-0.39, 0.29) is 30.6 Å². The first-order valence-electron chi connectivity index (χ1n) is 8.64. The van der Waals surface area contributed by atoms with Crippen molar-refractivity contribution in [3.05, 3.63) is 60.2 Å². The predicted octanol–water partition coefficient (Wildman–Crippen LogP) is 2.23. The van der Waals surface area contributed by atoms with Gasteiger partial charge in [-0.05, 0) is 17.7 Å². The van der Waals surface area contributed by atoms with Crippen LogP contribution in [-0.4, -0.2) is 45.1 Å². The van der Waals surface area contributed by atoms with Crippen molar-refractivity contribution in [1.82, 2.24) is 10.2 Å². The molecule has 0 bridgehead atoms. The second kappa shape index (κ2) is 9.75. The van der Waals surface area contributed by atoms with Gasteiger partial charge in [0, 0.05) is 26.6 Å². The van der Waals surface area contributed by atoms with Gasteiger partial charge in [-0.25, -0.2) is 13.2 Å². The van der Waals surface area contributed by atoms with Crippen molar-refractivity contribution in [2.45, 2.75) is 13.0 Å². The summed E-state index contributed by atoms with van der Waals surface area (Å²) in [5.41, 5.74) is 1.64. The van der Waals surface area contributed by atoms with Crippen LogP contribution in [-0.2, 0) is 21.4 Å². The lowest BCUT2D eigenvalue weighted by molar-refractivity contribution is -0.116. The molecule has 0 spiro atoms. The van der Waals surface area contributed by atoms with E-state index < -0.39 is 10.0 Å². The number of para-hydroxylation sites is 2. The van der Waals surface area contributed by atoms with E-state index >= 15 is 0 Å². The first-order chi connectivity index (χ1) is 13.2. The molecule has 3 amide bonds. The lowest BCUT2D eigenvalue weighted by Gasteiger charge is -2.18. The Morgan fingerprint density at radius 1 is 0.964 bits per heavy atom. The minimum absolute atomic E-state index is 0.0537. The molecule has 150 valence electrons. The minimum atomic E-state index is -3.46. The van der Waals surface area contributed by atoms with E-state index in [2.05, 4.69) is 15.4 Å². The van der Waals surface area contributed by atoms with Crippen LogP contribution in [0.1, 0.15) is 12.0 Å². The molecule has 0 aromatic heterocycles. The van der Waals surface area contributed by atoms with Crippen molar-refractivity contribution in [2.75, 3.05) is 29.9 Å². The van der Waals surface area contributed by atoms with Crippen molar-refractivity contribution in [3.8, 4) is 0 Å². The molecule has 3 N–H and O–H groups in total. The molecule has 9 heteroatoms. The van der Waals surface area contributed by atoms with E-state index in [0.29, 0.717) is 12.2 Å². The lowest BCUT2D eigenvalue weighted by Crippen LogP contribution is -2.38. The lowest BCUT2D eigenvalue weighted by atomic mass is 10.2. The number of anilines is 2. The molecule has 0 saturated carbocycles. The number of nitrogens with zero attached hydrogens (tertiary/aromatic N) is 1. The molecule has 0 atom stereocenters. The van der Waals surface area contributed by atoms with Gasteiger partial charge in [0.15, 0.2) is 0 Å². The zero-order chi connectivity index (χ0) is 20.6. The molecule has 8 nitrogen and oxygen atoms in total. The summed E-state index contributed by atoms with van der Waals surface area (Å²) in [6, 6.07) is 15.8. The standard InChI is InChI=1S/C19H24N4O4S/c1-23(14-15-8-4-3-5-9-15)19(25)20-13-12-18(24)21-16-10-6-7-11-17(16)22-28(2,26)27/h3-11,22H,12-14H2,1-2H3,(H,20,25)(H,21,24). The Morgan fingerprint density at radius 2 is 1.57 bits per heavy atom. The molecule has 28 heavy (non-hydrogen) atoms. The summed E-state index contributed by atoms with van der Waals surface area (Å²) in [6.07, 6.45) is 1.09. The highest BCUT2D eigenvalue weighted by Crippen LogP contribution is 2.21. The summed E-state index contributed by atoms with van der Waals surface area (Å²) in [7, 11) is -1.79. The molecular formula is C19H24N4O4S. The van der Waals surface area contributed by atoms with Gasteiger partial charge in [-0.3, -0.25) is 9.52 Å². The number of rotatable bonds is 8. The predicted molar refractivity (Wildman–Crippen MR) is 109 cm³/mol. The topological polar surface area (TPSA) is 108 Å². The molecule has 0 aliphatic carbocycles. The molecule has 0 aliphatic rings. The van der Waals surface area contributed by atoms with Crippen molar-refractivity contribution < 1.29 is 18.0 Å². The number of urea groups is 1. The van der Waals surface area contributed by atoms with Crippen LogP contribution >= 0.6 is 0 Å². The summed E-state index contributed by atoms with van der Waals surface area (Å²) >= 11 is 0. The van der Waals surface area contributed by atoms with Gasteiger partial charge < -0.3 is 15.5 Å². The summed E-state index contributed by atoms with van der Waals surface area (Å²) in [5, 5.41) is 5.33. The SMILES string of the molecule is CN(Cc1ccccc1)C(=O)NCCC(=O)Nc1ccccc1NS(C)(=O)=O. The van der Waals surface area contributed by atoms with Gasteiger partial charge in [0.2, 0.25) is 15.9 Å². The van der Waals surface area contributed by atoms with E-state index in [9.17, 15) is 18.0 Å². The Kier molecular flexibility index (Phi) is 7.39. The maximum Gasteiger partial charge on any atom is 0.317 e. The number of nitrogens with one attached hydrogen (secondary N) is 3. The number of hydrogen-bond donors (Lipinski definition) is 3. The van der Waals surface area contributed by atoms with Gasteiger partial charge in [-0.2, -0.15) is 0 Å². The second-order valence-electron chi connectivity index (χ2n) is 6.29. The average Bonchev–Trinajstić information content (AvgIpc) is 2.63. The number of amides is 3. The van der Waals surface area contributed by atoms with Gasteiger partial charge in [0.05, 0.1) is 17.6 Å². The van der Waals surface area contributed by atoms with Crippen LogP contribution in [0, 0.1) is 0 Å². The number of benzene rings is 2. The minimum Gasteiger partial charge on any atom is -0.337 e. The van der Waals surface area contributed by atoms with Crippen LogP contribution in [0.15, 0.2) is 54.6 Å². The van der Waals surface area contributed by atoms with Crippen LogP contribution < -0.4 is 15.4 Å². The Hall–Kier alpha value is -3.07. The third kappa shape index (κ3) is 7.28. The Morgan fingerprint density at radius 3 is 2.21 bits per heavy atom. The third-order valence-corrected chi connectivity index (χ3v) is 4.32. The van der Waals surface area contributed by atoms with E-state index in [1.54, 1.807) is 31.3 Å². The van der Waals surface area contributed by atoms with Gasteiger partial charge in [-0.15, -0.1) is 0 Å². The quantitative estimate of drug-likeness (QED) is 0.627. The highest BCUT2D eigenvalue weighted by molar-refractivity contribution is 7.92. The van der Waals surface area contributed by atoms with Crippen LogP contribution in [0.5, 0.6) is 0 Å². The molecule has 2 rings (SSSR count). The fourth-order valence-corrected chi connectivity index (χ4v) is 3.02. The maximum absolute atomic E-state index is 12.1. The fourth-order valence-electron chi connectivity index (χ4n) is 2.44. The van der Waals surface area contributed by atoms with Crippen molar-refractivity contribution in [1.29, 1.82) is 0 Å². The fraction of sp³-hybridized carbons (Fsp3) is 0.263. The molecule has 0 radical (unpaired) electrons. The van der Waals surface area contributed by atoms with Gasteiger partial charge in [0.25, 0.3) is 0 Å². The molecule has 2 aromatic carbocycles. The van der Waals surface area contributed by atoms with Crippen molar-refractivity contribution >= 4 is 33.3 Å². The van der Waals surface area contributed by atoms with Crippen LogP contribution in [0.25, 0.3) is 0 Å². The molecule has 0 aliphatic heterocycles. The smallest absolute Gasteiger partial charge is 0.317 e. The highest BCUT2D eigenvalue weighted by atomic mass is 32.2. The number of carbonyl (C=O) groups is 2. The molecule has 0 saturated heterocycles. The van der Waals surface area contributed by atoms with Crippen LogP contribution in [0.4, 0.5) is 16.2 Å². The number of sulfonamides is 1. The average molecular weight is 404 g/mol. The zero-order valence-electron chi connectivity index (χ0n) is 15.8. The van der Waals surface area contributed by atoms with E-state index in [1.165, 1.54) is 4.90 Å². The molecule has 0 heterocycles. The molecular weight excluding hydrogens is 380 g/mol. The first-order valence-corrected chi connectivity index (χ1v) is 10.5. The Labute approximate surface area is 165 Å². The summed E-state index contributed by atoms with van der Waals surface area (Å²) in [6.45, 7) is 0.620. The summed E-state index contributed by atoms with van der Waals surface area (Å²) < 4.78 is 25.2. The third-order valence-electron chi connectivity index (χ3n) is 3.73. The maximum atomic E-state index is 12.1. The van der Waals surface area contributed by atoms with E-state index in [0.717, 1.165) is 11.8 Å². The van der Waals surface area contributed by atoms with Gasteiger partial charge in [0.1, 0.15) is 0 Å². The Balaban J connectivity index is 1.81. The molecule has 0 unspecified atom stereocenters. The summed E-state index contributed by atoms with van der Waals surface area (Å²) in [4.78, 5) is 25.8. The van der Waals surface area contributed by atoms with E-state index in [1.807, 2.05) is 30.3 Å². The molecule has 2 aromatic rings. The first kappa shape index (κ1) is 21.2. The number of hydrogen-bond acceptors (Lipinski definition) is 4. The van der Waals surface area contributed by atoms with Crippen LogP contribution in [0.3, 0.4) is 0 Å². The van der Waals surface area contributed by atoms with E-state index in [4.69, 9.17) is 0 Å². The molecule has 0 fully saturated rings. The highest BCUT2D eigenvalue weighted by Gasteiger charge is 2.12. The van der Waals surface area contributed by atoms with Crippen molar-refractivity contribution in [2.24, 2.45) is 0 Å². The van der Waals surface area contributed by atoms with Crippen LogP contribution in [0.2, 0.25) is 0 Å². The largest absolute Gasteiger partial charge is 0.337 e. The monoisotopic (exact) mass is 404 g/mol.